The lowest BCUT2D eigenvalue weighted by Crippen LogP contribution is -2.09. The van der Waals surface area contributed by atoms with Gasteiger partial charge in [-0.1, -0.05) is 77.9 Å². The number of ether oxygens (including phenoxy) is 1. The third-order valence-electron chi connectivity index (χ3n) is 4.30. The van der Waals surface area contributed by atoms with Crippen molar-refractivity contribution in [3.63, 3.8) is 0 Å². The molecule has 0 aromatic heterocycles. The number of hydrogen-bond acceptors (Lipinski definition) is 3. The summed E-state index contributed by atoms with van der Waals surface area (Å²) in [5, 5.41) is 9.87. The van der Waals surface area contributed by atoms with Crippen LogP contribution < -0.4 is 0 Å². The van der Waals surface area contributed by atoms with Crippen molar-refractivity contribution in [2.24, 2.45) is 5.92 Å². The monoisotopic (exact) mass is 354 g/mol. The van der Waals surface area contributed by atoms with Crippen LogP contribution in [0.15, 0.2) is 12.2 Å². The van der Waals surface area contributed by atoms with Crippen molar-refractivity contribution in [2.75, 3.05) is 6.61 Å². The highest BCUT2D eigenvalue weighted by Gasteiger charge is 2.04. The van der Waals surface area contributed by atoms with Gasteiger partial charge >= 0.3 is 5.97 Å². The molecule has 3 nitrogen and oxygen atoms in total. The molecule has 0 heterocycles. The molecule has 0 aliphatic rings. The summed E-state index contributed by atoms with van der Waals surface area (Å²) in [5.41, 5.74) is 0. The summed E-state index contributed by atoms with van der Waals surface area (Å²) in [7, 11) is 0. The van der Waals surface area contributed by atoms with Crippen molar-refractivity contribution in [1.29, 1.82) is 0 Å². The van der Waals surface area contributed by atoms with E-state index >= 15 is 0 Å². The lowest BCUT2D eigenvalue weighted by molar-refractivity contribution is -0.144. The lowest BCUT2D eigenvalue weighted by atomic mass is 10.1. The average molecular weight is 355 g/mol. The van der Waals surface area contributed by atoms with Crippen LogP contribution in [0.3, 0.4) is 0 Å². The molecule has 0 saturated carbocycles. The second kappa shape index (κ2) is 18.0. The summed E-state index contributed by atoms with van der Waals surface area (Å²) in [5.74, 6) is 0.365. The summed E-state index contributed by atoms with van der Waals surface area (Å²) >= 11 is 0. The molecular weight excluding hydrogens is 312 g/mol. The highest BCUT2D eigenvalue weighted by molar-refractivity contribution is 5.69. The molecule has 0 rings (SSSR count). The first-order valence-electron chi connectivity index (χ1n) is 10.5. The Balaban J connectivity index is 3.33. The Morgan fingerprint density at radius 2 is 1.64 bits per heavy atom. The average Bonchev–Trinajstić information content (AvgIpc) is 2.58. The van der Waals surface area contributed by atoms with Gasteiger partial charge in [-0.15, -0.1) is 0 Å². The first kappa shape index (κ1) is 24.2. The fraction of sp³-hybridized carbons (Fsp3) is 0.864. The number of hydrogen-bond donors (Lipinski definition) is 1. The van der Waals surface area contributed by atoms with Gasteiger partial charge in [0.15, 0.2) is 0 Å². The Hall–Kier alpha value is -0.830. The maximum Gasteiger partial charge on any atom is 0.305 e. The molecule has 0 unspecified atom stereocenters. The largest absolute Gasteiger partial charge is 0.465 e. The summed E-state index contributed by atoms with van der Waals surface area (Å²) in [4.78, 5) is 11.5. The molecule has 0 radical (unpaired) electrons. The van der Waals surface area contributed by atoms with E-state index in [0.29, 0.717) is 18.9 Å². The van der Waals surface area contributed by atoms with Crippen LogP contribution >= 0.6 is 0 Å². The predicted molar refractivity (Wildman–Crippen MR) is 107 cm³/mol. The molecule has 0 aliphatic heterocycles. The number of rotatable bonds is 17. The Morgan fingerprint density at radius 3 is 2.36 bits per heavy atom. The zero-order valence-electron chi connectivity index (χ0n) is 17.0. The van der Waals surface area contributed by atoms with Gasteiger partial charge < -0.3 is 9.84 Å². The molecule has 0 aromatic rings. The highest BCUT2D eigenvalue weighted by atomic mass is 16.5. The number of allylic oxidation sites excluding steroid dienone is 1. The van der Waals surface area contributed by atoms with E-state index in [1.807, 2.05) is 0 Å². The molecule has 0 bridgehead atoms. The first-order chi connectivity index (χ1) is 12.1. The lowest BCUT2D eigenvalue weighted by Gasteiger charge is -2.07. The van der Waals surface area contributed by atoms with Crippen LogP contribution in [0.25, 0.3) is 0 Å². The quantitative estimate of drug-likeness (QED) is 0.192. The van der Waals surface area contributed by atoms with Crippen molar-refractivity contribution >= 4 is 5.97 Å². The van der Waals surface area contributed by atoms with E-state index in [1.165, 1.54) is 38.5 Å². The van der Waals surface area contributed by atoms with Crippen molar-refractivity contribution < 1.29 is 14.6 Å². The van der Waals surface area contributed by atoms with Gasteiger partial charge in [-0.05, 0) is 38.0 Å². The molecule has 0 saturated heterocycles. The van der Waals surface area contributed by atoms with Gasteiger partial charge in [0.05, 0.1) is 12.7 Å². The van der Waals surface area contributed by atoms with Crippen molar-refractivity contribution in [1.82, 2.24) is 0 Å². The molecule has 0 aliphatic carbocycles. The normalized spacial score (nSPS) is 12.8. The first-order valence-corrected chi connectivity index (χ1v) is 10.5. The van der Waals surface area contributed by atoms with Crippen LogP contribution in [0.4, 0.5) is 0 Å². The Bertz CT molecular complexity index is 323. The Kier molecular flexibility index (Phi) is 17.4. The van der Waals surface area contributed by atoms with Crippen LogP contribution in [0.2, 0.25) is 0 Å². The molecule has 0 aromatic carbocycles. The van der Waals surface area contributed by atoms with Crippen molar-refractivity contribution in [2.45, 2.75) is 110 Å². The van der Waals surface area contributed by atoms with E-state index in [9.17, 15) is 9.90 Å². The van der Waals surface area contributed by atoms with Gasteiger partial charge in [0.2, 0.25) is 0 Å². The summed E-state index contributed by atoms with van der Waals surface area (Å²) < 4.78 is 5.16. The summed E-state index contributed by atoms with van der Waals surface area (Å²) in [6.07, 6.45) is 18.1. The van der Waals surface area contributed by atoms with Gasteiger partial charge in [-0.2, -0.15) is 0 Å². The Labute approximate surface area is 156 Å². The van der Waals surface area contributed by atoms with Crippen LogP contribution in [0.1, 0.15) is 104 Å². The third kappa shape index (κ3) is 19.3. The maximum absolute atomic E-state index is 11.5. The highest BCUT2D eigenvalue weighted by Crippen LogP contribution is 2.11. The fourth-order valence-electron chi connectivity index (χ4n) is 2.69. The van der Waals surface area contributed by atoms with Gasteiger partial charge in [0, 0.05) is 6.42 Å². The van der Waals surface area contributed by atoms with Crippen LogP contribution in [0.5, 0.6) is 0 Å². The van der Waals surface area contributed by atoms with Crippen LogP contribution in [0, 0.1) is 5.92 Å². The number of carbonyl (C=O) groups is 1. The minimum Gasteiger partial charge on any atom is -0.465 e. The topological polar surface area (TPSA) is 46.5 Å². The van der Waals surface area contributed by atoms with Crippen molar-refractivity contribution in [3.05, 3.63) is 12.2 Å². The van der Waals surface area contributed by atoms with Crippen molar-refractivity contribution in [3.8, 4) is 0 Å². The molecule has 1 N–H and O–H groups in total. The smallest absolute Gasteiger partial charge is 0.305 e. The molecule has 0 fully saturated rings. The summed E-state index contributed by atoms with van der Waals surface area (Å²) in [6.45, 7) is 6.85. The minimum absolute atomic E-state index is 0.0510. The number of carbonyl (C=O) groups excluding carboxylic acids is 1. The second-order valence-corrected chi connectivity index (χ2v) is 7.59. The third-order valence-corrected chi connectivity index (χ3v) is 4.30. The fourth-order valence-corrected chi connectivity index (χ4v) is 2.69. The van der Waals surface area contributed by atoms with Gasteiger partial charge in [-0.25, -0.2) is 0 Å². The number of unbranched alkanes of at least 4 members (excludes halogenated alkanes) is 8. The maximum atomic E-state index is 11.5. The molecule has 0 amide bonds. The van der Waals surface area contributed by atoms with Crippen LogP contribution in [-0.2, 0) is 9.53 Å². The van der Waals surface area contributed by atoms with E-state index in [2.05, 4.69) is 32.9 Å². The van der Waals surface area contributed by atoms with Crippen LogP contribution in [-0.4, -0.2) is 23.8 Å². The van der Waals surface area contributed by atoms with E-state index in [1.54, 1.807) is 0 Å². The number of esters is 1. The molecule has 25 heavy (non-hydrogen) atoms. The number of aliphatic hydroxyl groups excluding tert-OH is 1. The van der Waals surface area contributed by atoms with Gasteiger partial charge in [0.25, 0.3) is 0 Å². The zero-order chi connectivity index (χ0) is 18.8. The molecule has 3 heteroatoms. The van der Waals surface area contributed by atoms with E-state index in [-0.39, 0.29) is 12.1 Å². The van der Waals surface area contributed by atoms with E-state index < -0.39 is 0 Å². The SMILES string of the molecule is CCCCCC[C@@H](O)CC=CCCCCCCCC(=O)OCC(C)C. The molecule has 0 spiro atoms. The zero-order valence-corrected chi connectivity index (χ0v) is 17.0. The van der Waals surface area contributed by atoms with E-state index in [0.717, 1.165) is 38.5 Å². The number of aliphatic hydroxyl groups is 1. The van der Waals surface area contributed by atoms with Gasteiger partial charge in [0.1, 0.15) is 0 Å². The van der Waals surface area contributed by atoms with Gasteiger partial charge in [-0.3, -0.25) is 4.79 Å². The van der Waals surface area contributed by atoms with E-state index in [4.69, 9.17) is 4.74 Å². The molecule has 148 valence electrons. The molecule has 1 atom stereocenters. The summed E-state index contributed by atoms with van der Waals surface area (Å²) in [6, 6.07) is 0. The molecular formula is C22H42O3. The predicted octanol–water partition coefficient (Wildman–Crippen LogP) is 6.19. The Morgan fingerprint density at radius 1 is 0.960 bits per heavy atom. The second-order valence-electron chi connectivity index (χ2n) is 7.59. The minimum atomic E-state index is -0.163. The standard InChI is InChI=1S/C22H42O3/c1-4-5-6-13-16-21(23)17-14-11-9-7-8-10-12-15-18-22(24)25-19-20(2)3/h11,14,20-21,23H,4-10,12-13,15-19H2,1-3H3/t21-/m1/s1.